The highest BCUT2D eigenvalue weighted by molar-refractivity contribution is 6.30. The van der Waals surface area contributed by atoms with E-state index in [2.05, 4.69) is 4.98 Å². The van der Waals surface area contributed by atoms with Crippen molar-refractivity contribution >= 4 is 28.5 Å². The molecule has 7 heteroatoms. The van der Waals surface area contributed by atoms with Crippen molar-refractivity contribution in [3.8, 4) is 5.69 Å². The number of nitrogens with zero attached hydrogens (tertiary/aromatic N) is 4. The number of carbonyl (C=O) groups is 1. The highest BCUT2D eigenvalue weighted by Gasteiger charge is 2.21. The summed E-state index contributed by atoms with van der Waals surface area (Å²) in [7, 11) is 0. The molecule has 3 aromatic rings. The van der Waals surface area contributed by atoms with Crippen LogP contribution in [0.25, 0.3) is 16.7 Å². The van der Waals surface area contributed by atoms with Crippen LogP contribution in [0.1, 0.15) is 24.1 Å². The molecule has 0 unspecified atom stereocenters. The monoisotopic (exact) mass is 384 g/mol. The number of benzene rings is 1. The van der Waals surface area contributed by atoms with Gasteiger partial charge >= 0.3 is 0 Å². The van der Waals surface area contributed by atoms with Crippen molar-refractivity contribution in [3.05, 3.63) is 57.2 Å². The average Bonchev–Trinajstić information content (AvgIpc) is 3.27. The van der Waals surface area contributed by atoms with Gasteiger partial charge in [0.15, 0.2) is 5.65 Å². The topological polar surface area (TPSA) is 60.1 Å². The Hall–Kier alpha value is -2.60. The van der Waals surface area contributed by atoms with Crippen LogP contribution in [-0.4, -0.2) is 38.0 Å². The van der Waals surface area contributed by atoms with Gasteiger partial charge in [-0.25, -0.2) is 4.98 Å². The molecule has 1 aliphatic heterocycles. The molecular weight excluding hydrogens is 364 g/mol. The summed E-state index contributed by atoms with van der Waals surface area (Å²) in [6, 6.07) is 7.43. The quantitative estimate of drug-likeness (QED) is 0.697. The minimum Gasteiger partial charge on any atom is -0.341 e. The fraction of sp³-hybridized carbons (Fsp3) is 0.350. The summed E-state index contributed by atoms with van der Waals surface area (Å²) >= 11 is 6.00. The largest absolute Gasteiger partial charge is 0.341 e. The zero-order chi connectivity index (χ0) is 19.1. The first kappa shape index (κ1) is 17.8. The Kier molecular flexibility index (Phi) is 4.52. The lowest BCUT2D eigenvalue weighted by atomic mass is 10.2. The van der Waals surface area contributed by atoms with Crippen LogP contribution >= 0.6 is 11.6 Å². The maximum atomic E-state index is 13.1. The lowest BCUT2D eigenvalue weighted by Crippen LogP contribution is -2.34. The molecule has 2 aromatic heterocycles. The average molecular weight is 385 g/mol. The van der Waals surface area contributed by atoms with Gasteiger partial charge in [-0.3, -0.25) is 18.7 Å². The second kappa shape index (κ2) is 6.85. The second-order valence-electron chi connectivity index (χ2n) is 6.99. The fourth-order valence-corrected chi connectivity index (χ4v) is 3.84. The zero-order valence-corrected chi connectivity index (χ0v) is 16.2. The van der Waals surface area contributed by atoms with E-state index in [1.807, 2.05) is 47.6 Å². The fourth-order valence-electron chi connectivity index (χ4n) is 3.72. The number of aryl methyl sites for hydroxylation is 1. The summed E-state index contributed by atoms with van der Waals surface area (Å²) in [4.78, 5) is 31.8. The highest BCUT2D eigenvalue weighted by atomic mass is 35.5. The maximum Gasteiger partial charge on any atom is 0.263 e. The first-order chi connectivity index (χ1) is 13.0. The molecule has 6 nitrogen and oxygen atoms in total. The minimum atomic E-state index is -0.180. The van der Waals surface area contributed by atoms with Crippen LogP contribution in [0.2, 0.25) is 5.02 Å². The van der Waals surface area contributed by atoms with E-state index >= 15 is 0 Å². The smallest absolute Gasteiger partial charge is 0.263 e. The molecule has 1 aromatic carbocycles. The minimum absolute atomic E-state index is 0.0257. The van der Waals surface area contributed by atoms with Crippen molar-refractivity contribution in [2.45, 2.75) is 33.2 Å². The van der Waals surface area contributed by atoms with Gasteiger partial charge in [0.25, 0.3) is 5.56 Å². The second-order valence-corrected chi connectivity index (χ2v) is 7.42. The molecule has 0 radical (unpaired) electrons. The Bertz CT molecular complexity index is 1080. The third-order valence-corrected chi connectivity index (χ3v) is 5.58. The molecule has 0 atom stereocenters. The Morgan fingerprint density at radius 1 is 1.15 bits per heavy atom. The number of likely N-dealkylation sites (tertiary alicyclic amines) is 1. The number of rotatable bonds is 3. The summed E-state index contributed by atoms with van der Waals surface area (Å²) < 4.78 is 3.37. The molecule has 1 saturated heterocycles. The molecule has 1 aliphatic rings. The summed E-state index contributed by atoms with van der Waals surface area (Å²) in [5.41, 5.74) is 3.14. The van der Waals surface area contributed by atoms with Crippen LogP contribution in [0, 0.1) is 13.8 Å². The third-order valence-electron chi connectivity index (χ3n) is 5.33. The van der Waals surface area contributed by atoms with Gasteiger partial charge in [0.1, 0.15) is 12.9 Å². The molecule has 140 valence electrons. The van der Waals surface area contributed by atoms with E-state index < -0.39 is 0 Å². The van der Waals surface area contributed by atoms with Gasteiger partial charge < -0.3 is 4.90 Å². The number of halogens is 1. The van der Waals surface area contributed by atoms with Gasteiger partial charge in [0, 0.05) is 29.5 Å². The van der Waals surface area contributed by atoms with Gasteiger partial charge in [0.2, 0.25) is 5.91 Å². The molecular formula is C20H21ClN4O2. The summed E-state index contributed by atoms with van der Waals surface area (Å²) in [6.45, 7) is 5.46. The lowest BCUT2D eigenvalue weighted by molar-refractivity contribution is -0.130. The van der Waals surface area contributed by atoms with Crippen molar-refractivity contribution in [1.82, 2.24) is 19.0 Å². The number of amides is 1. The number of hydrogen-bond donors (Lipinski definition) is 0. The Labute approximate surface area is 162 Å². The van der Waals surface area contributed by atoms with Crippen LogP contribution in [0.3, 0.4) is 0 Å². The Morgan fingerprint density at radius 2 is 1.81 bits per heavy atom. The van der Waals surface area contributed by atoms with E-state index in [9.17, 15) is 9.59 Å². The van der Waals surface area contributed by atoms with Crippen molar-refractivity contribution in [2.75, 3.05) is 13.1 Å². The van der Waals surface area contributed by atoms with Crippen LogP contribution < -0.4 is 5.56 Å². The summed E-state index contributed by atoms with van der Waals surface area (Å²) in [6.07, 6.45) is 3.53. The van der Waals surface area contributed by atoms with E-state index in [0.29, 0.717) is 16.1 Å². The molecule has 0 aliphatic carbocycles. The van der Waals surface area contributed by atoms with Crippen molar-refractivity contribution in [2.24, 2.45) is 0 Å². The molecule has 0 bridgehead atoms. The molecule has 3 heterocycles. The zero-order valence-electron chi connectivity index (χ0n) is 15.4. The van der Waals surface area contributed by atoms with E-state index in [1.54, 1.807) is 0 Å². The Morgan fingerprint density at radius 3 is 2.48 bits per heavy atom. The summed E-state index contributed by atoms with van der Waals surface area (Å²) in [5, 5.41) is 1.21. The molecule has 4 rings (SSSR count). The van der Waals surface area contributed by atoms with E-state index in [-0.39, 0.29) is 18.0 Å². The molecule has 1 amide bonds. The van der Waals surface area contributed by atoms with Gasteiger partial charge in [-0.15, -0.1) is 0 Å². The van der Waals surface area contributed by atoms with Crippen molar-refractivity contribution < 1.29 is 4.79 Å². The van der Waals surface area contributed by atoms with Gasteiger partial charge in [0.05, 0.1) is 5.39 Å². The lowest BCUT2D eigenvalue weighted by Gasteiger charge is -2.15. The van der Waals surface area contributed by atoms with E-state index in [0.717, 1.165) is 42.9 Å². The first-order valence-electron chi connectivity index (χ1n) is 9.08. The molecule has 0 spiro atoms. The van der Waals surface area contributed by atoms with Crippen molar-refractivity contribution in [3.63, 3.8) is 0 Å². The first-order valence-corrected chi connectivity index (χ1v) is 9.46. The van der Waals surface area contributed by atoms with Crippen LogP contribution in [0.4, 0.5) is 0 Å². The van der Waals surface area contributed by atoms with Crippen molar-refractivity contribution in [1.29, 1.82) is 0 Å². The maximum absolute atomic E-state index is 13.1. The van der Waals surface area contributed by atoms with Gasteiger partial charge in [-0.1, -0.05) is 11.6 Å². The summed E-state index contributed by atoms with van der Waals surface area (Å²) in [5.74, 6) is -0.0257. The standard InChI is InChI=1S/C20H21ClN4O2/c1-13-14(2)25(16-7-5-15(21)6-8-16)19-18(13)20(27)24(12-22-19)11-17(26)23-9-3-4-10-23/h5-8,12H,3-4,9-11H2,1-2H3. The van der Waals surface area contributed by atoms with E-state index in [4.69, 9.17) is 11.6 Å². The van der Waals surface area contributed by atoms with Gasteiger partial charge in [-0.2, -0.15) is 0 Å². The SMILES string of the molecule is Cc1c(C)n(-c2ccc(Cl)cc2)c2ncn(CC(=O)N3CCCC3)c(=O)c12. The van der Waals surface area contributed by atoms with Crippen LogP contribution in [0.15, 0.2) is 35.4 Å². The number of fused-ring (bicyclic) bond motifs is 1. The normalized spacial score (nSPS) is 14.3. The number of aromatic nitrogens is 3. The third kappa shape index (κ3) is 3.04. The number of hydrogen-bond acceptors (Lipinski definition) is 3. The number of carbonyl (C=O) groups excluding carboxylic acids is 1. The van der Waals surface area contributed by atoms with E-state index in [1.165, 1.54) is 10.9 Å². The Balaban J connectivity index is 1.79. The molecule has 0 N–H and O–H groups in total. The predicted octanol–water partition coefficient (Wildman–Crippen LogP) is 3.08. The van der Waals surface area contributed by atoms with Crippen LogP contribution in [0.5, 0.6) is 0 Å². The molecule has 1 fully saturated rings. The molecule has 0 saturated carbocycles. The van der Waals surface area contributed by atoms with Crippen LogP contribution in [-0.2, 0) is 11.3 Å². The predicted molar refractivity (Wildman–Crippen MR) is 106 cm³/mol. The highest BCUT2D eigenvalue weighted by Crippen LogP contribution is 2.25. The molecule has 27 heavy (non-hydrogen) atoms. The van der Waals surface area contributed by atoms with Gasteiger partial charge in [-0.05, 0) is 56.5 Å².